The third-order valence-electron chi connectivity index (χ3n) is 2.52. The molecule has 1 fully saturated rings. The molecule has 0 aromatic heterocycles. The summed E-state index contributed by atoms with van der Waals surface area (Å²) >= 11 is 0. The number of carbonyl (C=O) groups is 1. The fraction of sp³-hybridized carbons (Fsp3) is 0.857. The second-order valence-corrected chi connectivity index (χ2v) is 5.47. The Bertz CT molecular complexity index is 293. The lowest BCUT2D eigenvalue weighted by Gasteiger charge is -2.19. The van der Waals surface area contributed by atoms with Gasteiger partial charge < -0.3 is 5.11 Å². The van der Waals surface area contributed by atoms with Crippen molar-refractivity contribution >= 4 is 15.8 Å². The van der Waals surface area contributed by atoms with Crippen LogP contribution in [0.4, 0.5) is 0 Å². The zero-order chi connectivity index (χ0) is 9.41. The predicted molar refractivity (Wildman–Crippen MR) is 43.6 cm³/mol. The molecular formula is C7H12O4S. The van der Waals surface area contributed by atoms with Gasteiger partial charge in [-0.3, -0.25) is 4.79 Å². The van der Waals surface area contributed by atoms with E-state index in [0.29, 0.717) is 6.42 Å². The highest BCUT2D eigenvalue weighted by atomic mass is 32.2. The highest BCUT2D eigenvalue weighted by molar-refractivity contribution is 7.91. The Hall–Kier alpha value is -0.580. The topological polar surface area (TPSA) is 71.4 Å². The van der Waals surface area contributed by atoms with Crippen molar-refractivity contribution in [1.82, 2.24) is 0 Å². The van der Waals surface area contributed by atoms with Crippen LogP contribution in [0.15, 0.2) is 0 Å². The zero-order valence-corrected chi connectivity index (χ0v) is 7.73. The standard InChI is InChI=1S/C7H12O4S/c1-2-7(6(8)9)3-4-12(10,11)5-7/h2-5H2,1H3,(H,8,9). The van der Waals surface area contributed by atoms with Crippen molar-refractivity contribution < 1.29 is 18.3 Å². The molecule has 1 aliphatic rings. The minimum Gasteiger partial charge on any atom is -0.481 e. The van der Waals surface area contributed by atoms with E-state index in [1.54, 1.807) is 6.92 Å². The summed E-state index contributed by atoms with van der Waals surface area (Å²) in [6.45, 7) is 1.72. The maximum atomic E-state index is 11.0. The van der Waals surface area contributed by atoms with Gasteiger partial charge in [0, 0.05) is 0 Å². The Morgan fingerprint density at radius 3 is 2.33 bits per heavy atom. The third-order valence-corrected chi connectivity index (χ3v) is 4.34. The molecule has 1 aliphatic heterocycles. The van der Waals surface area contributed by atoms with Crippen LogP contribution in [0.25, 0.3) is 0 Å². The third kappa shape index (κ3) is 1.46. The molecule has 12 heavy (non-hydrogen) atoms. The highest BCUT2D eigenvalue weighted by Crippen LogP contribution is 2.35. The Balaban J connectivity index is 2.95. The van der Waals surface area contributed by atoms with Crippen LogP contribution in [-0.2, 0) is 14.6 Å². The van der Waals surface area contributed by atoms with Gasteiger partial charge in [0.2, 0.25) is 0 Å². The van der Waals surface area contributed by atoms with Gasteiger partial charge in [0.05, 0.1) is 16.9 Å². The minimum atomic E-state index is -3.09. The van der Waals surface area contributed by atoms with E-state index in [4.69, 9.17) is 5.11 Å². The number of hydrogen-bond acceptors (Lipinski definition) is 3. The van der Waals surface area contributed by atoms with Gasteiger partial charge in [-0.15, -0.1) is 0 Å². The molecule has 0 aliphatic carbocycles. The molecule has 0 spiro atoms. The molecule has 0 bridgehead atoms. The van der Waals surface area contributed by atoms with Crippen molar-refractivity contribution in [3.8, 4) is 0 Å². The largest absolute Gasteiger partial charge is 0.481 e. The summed E-state index contributed by atoms with van der Waals surface area (Å²) in [5.41, 5.74) is -1.00. The summed E-state index contributed by atoms with van der Waals surface area (Å²) in [6, 6.07) is 0. The van der Waals surface area contributed by atoms with Crippen molar-refractivity contribution in [2.24, 2.45) is 5.41 Å². The van der Waals surface area contributed by atoms with E-state index in [-0.39, 0.29) is 17.9 Å². The average Bonchev–Trinajstić information content (AvgIpc) is 2.27. The Morgan fingerprint density at radius 2 is 2.17 bits per heavy atom. The van der Waals surface area contributed by atoms with Crippen LogP contribution >= 0.6 is 0 Å². The zero-order valence-electron chi connectivity index (χ0n) is 6.91. The van der Waals surface area contributed by atoms with Crippen LogP contribution in [0, 0.1) is 5.41 Å². The number of aliphatic carboxylic acids is 1. The summed E-state index contributed by atoms with van der Waals surface area (Å²) in [7, 11) is -3.09. The number of hydrogen-bond donors (Lipinski definition) is 1. The summed E-state index contributed by atoms with van der Waals surface area (Å²) < 4.78 is 22.1. The first kappa shape index (κ1) is 9.51. The summed E-state index contributed by atoms with van der Waals surface area (Å²) in [6.07, 6.45) is 0.655. The Labute approximate surface area is 71.5 Å². The van der Waals surface area contributed by atoms with Crippen molar-refractivity contribution in [3.05, 3.63) is 0 Å². The smallest absolute Gasteiger partial charge is 0.310 e. The van der Waals surface area contributed by atoms with E-state index in [1.807, 2.05) is 0 Å². The fourth-order valence-electron chi connectivity index (χ4n) is 1.51. The van der Waals surface area contributed by atoms with Crippen molar-refractivity contribution in [2.45, 2.75) is 19.8 Å². The predicted octanol–water partition coefficient (Wildman–Crippen LogP) is 0.286. The molecule has 1 N–H and O–H groups in total. The van der Waals surface area contributed by atoms with E-state index in [2.05, 4.69) is 0 Å². The molecule has 4 nitrogen and oxygen atoms in total. The minimum absolute atomic E-state index is 0.0210. The quantitative estimate of drug-likeness (QED) is 0.682. The lowest BCUT2D eigenvalue weighted by molar-refractivity contribution is -0.147. The molecule has 0 amide bonds. The molecule has 0 aromatic rings. The van der Waals surface area contributed by atoms with Crippen LogP contribution in [0.1, 0.15) is 19.8 Å². The molecule has 1 saturated heterocycles. The first-order valence-corrected chi connectivity index (χ1v) is 5.68. The van der Waals surface area contributed by atoms with Crippen LogP contribution in [0.2, 0.25) is 0 Å². The van der Waals surface area contributed by atoms with E-state index < -0.39 is 21.2 Å². The SMILES string of the molecule is CCC1(C(=O)O)CCS(=O)(=O)C1. The van der Waals surface area contributed by atoms with E-state index in [0.717, 1.165) is 0 Å². The molecule has 0 saturated carbocycles. The average molecular weight is 192 g/mol. The van der Waals surface area contributed by atoms with Gasteiger partial charge in [-0.1, -0.05) is 6.92 Å². The Kier molecular flexibility index (Phi) is 2.16. The number of carboxylic acids is 1. The lowest BCUT2D eigenvalue weighted by Crippen LogP contribution is -2.31. The van der Waals surface area contributed by atoms with Crippen molar-refractivity contribution in [1.29, 1.82) is 0 Å². The first-order chi connectivity index (χ1) is 5.42. The van der Waals surface area contributed by atoms with E-state index in [1.165, 1.54) is 0 Å². The second kappa shape index (κ2) is 2.73. The van der Waals surface area contributed by atoms with E-state index in [9.17, 15) is 13.2 Å². The normalized spacial score (nSPS) is 33.4. The number of sulfone groups is 1. The molecule has 70 valence electrons. The monoisotopic (exact) mass is 192 g/mol. The van der Waals surface area contributed by atoms with Gasteiger partial charge in [0.1, 0.15) is 0 Å². The molecule has 5 heteroatoms. The van der Waals surface area contributed by atoms with Gasteiger partial charge in [-0.2, -0.15) is 0 Å². The van der Waals surface area contributed by atoms with Crippen LogP contribution in [0.3, 0.4) is 0 Å². The van der Waals surface area contributed by atoms with Gasteiger partial charge in [-0.05, 0) is 12.8 Å². The Morgan fingerprint density at radius 1 is 1.58 bits per heavy atom. The van der Waals surface area contributed by atoms with Crippen molar-refractivity contribution in [2.75, 3.05) is 11.5 Å². The van der Waals surface area contributed by atoms with Gasteiger partial charge in [-0.25, -0.2) is 8.42 Å². The molecule has 1 unspecified atom stereocenters. The molecule has 0 aromatic carbocycles. The van der Waals surface area contributed by atoms with Crippen LogP contribution in [-0.4, -0.2) is 31.0 Å². The van der Waals surface area contributed by atoms with Crippen LogP contribution in [0.5, 0.6) is 0 Å². The van der Waals surface area contributed by atoms with E-state index >= 15 is 0 Å². The second-order valence-electron chi connectivity index (χ2n) is 3.28. The first-order valence-electron chi connectivity index (χ1n) is 3.86. The lowest BCUT2D eigenvalue weighted by atomic mass is 9.85. The number of rotatable bonds is 2. The van der Waals surface area contributed by atoms with Gasteiger partial charge >= 0.3 is 5.97 Å². The summed E-state index contributed by atoms with van der Waals surface area (Å²) in [4.78, 5) is 10.8. The molecule has 1 heterocycles. The fourth-order valence-corrected chi connectivity index (χ4v) is 3.67. The molecule has 1 rings (SSSR count). The molecule has 0 radical (unpaired) electrons. The maximum absolute atomic E-state index is 11.0. The maximum Gasteiger partial charge on any atom is 0.310 e. The van der Waals surface area contributed by atoms with Gasteiger partial charge in [0.15, 0.2) is 9.84 Å². The molecular weight excluding hydrogens is 180 g/mol. The van der Waals surface area contributed by atoms with Gasteiger partial charge in [0.25, 0.3) is 0 Å². The van der Waals surface area contributed by atoms with Crippen LogP contribution < -0.4 is 0 Å². The highest BCUT2D eigenvalue weighted by Gasteiger charge is 2.46. The molecule has 1 atom stereocenters. The van der Waals surface area contributed by atoms with Crippen molar-refractivity contribution in [3.63, 3.8) is 0 Å². The summed E-state index contributed by atoms with van der Waals surface area (Å²) in [5, 5.41) is 8.83. The number of carboxylic acid groups (broad SMARTS) is 1. The summed E-state index contributed by atoms with van der Waals surface area (Å²) in [5.74, 6) is -1.15.